The highest BCUT2D eigenvalue weighted by Crippen LogP contribution is 2.04. The van der Waals surface area contributed by atoms with E-state index in [9.17, 15) is 19.2 Å². The van der Waals surface area contributed by atoms with Crippen molar-refractivity contribution in [2.24, 2.45) is 0 Å². The first-order valence-corrected chi connectivity index (χ1v) is 7.68. The smallest absolute Gasteiger partial charge is 0.308 e. The Morgan fingerprint density at radius 3 is 1.76 bits per heavy atom. The fourth-order valence-corrected chi connectivity index (χ4v) is 1.54. The summed E-state index contributed by atoms with van der Waals surface area (Å²) in [5.41, 5.74) is 0. The van der Waals surface area contributed by atoms with E-state index in [-0.39, 0.29) is 19.3 Å². The van der Waals surface area contributed by atoms with Gasteiger partial charge in [-0.2, -0.15) is 0 Å². The summed E-state index contributed by atoms with van der Waals surface area (Å²) in [6.07, 6.45) is -4.28. The van der Waals surface area contributed by atoms with E-state index < -0.39 is 61.8 Å². The average Bonchev–Trinajstić information content (AvgIpc) is 2.46. The maximum Gasteiger partial charge on any atom is 0.308 e. The van der Waals surface area contributed by atoms with Gasteiger partial charge in [0.1, 0.15) is 13.2 Å². The number of carboxylic acid groups (broad SMARTS) is 1. The molecule has 3 N–H and O–H groups in total. The summed E-state index contributed by atoms with van der Waals surface area (Å²) in [5.74, 6) is -3.49. The Morgan fingerprint density at radius 2 is 1.28 bits per heavy atom. The molecule has 0 rings (SSSR count). The van der Waals surface area contributed by atoms with E-state index in [0.717, 1.165) is 0 Å². The van der Waals surface area contributed by atoms with Crippen molar-refractivity contribution in [3.63, 3.8) is 0 Å². The molecule has 0 saturated carbocycles. The Labute approximate surface area is 144 Å². The third kappa shape index (κ3) is 13.9. The van der Waals surface area contributed by atoms with Crippen molar-refractivity contribution in [3.8, 4) is 0 Å². The van der Waals surface area contributed by atoms with Crippen LogP contribution in [0, 0.1) is 0 Å². The summed E-state index contributed by atoms with van der Waals surface area (Å²) in [5, 5.41) is 26.7. The lowest BCUT2D eigenvalue weighted by molar-refractivity contribution is -0.168. The van der Waals surface area contributed by atoms with Gasteiger partial charge in [-0.1, -0.05) is 0 Å². The van der Waals surface area contributed by atoms with Gasteiger partial charge in [0.2, 0.25) is 0 Å². The first kappa shape index (κ1) is 22.8. The van der Waals surface area contributed by atoms with Crippen molar-refractivity contribution in [3.05, 3.63) is 0 Å². The third-order valence-electron chi connectivity index (χ3n) is 2.63. The fraction of sp³-hybridized carbons (Fsp3) is 0.733. The summed E-state index contributed by atoms with van der Waals surface area (Å²) >= 11 is 0. The molecule has 144 valence electrons. The van der Waals surface area contributed by atoms with Crippen LogP contribution in [0.5, 0.6) is 0 Å². The van der Waals surface area contributed by atoms with Crippen LogP contribution in [-0.2, 0) is 33.4 Å². The Balaban J connectivity index is 4.50. The van der Waals surface area contributed by atoms with Gasteiger partial charge in [-0.25, -0.2) is 0 Å². The first-order valence-electron chi connectivity index (χ1n) is 7.68. The summed E-state index contributed by atoms with van der Waals surface area (Å²) < 4.78 is 14.6. The van der Waals surface area contributed by atoms with Crippen LogP contribution in [0.2, 0.25) is 0 Å². The molecule has 10 heteroatoms. The average molecular weight is 364 g/mol. The van der Waals surface area contributed by atoms with Gasteiger partial charge in [0.25, 0.3) is 0 Å². The number of aliphatic hydroxyl groups excluding tert-OH is 2. The van der Waals surface area contributed by atoms with E-state index in [1.807, 2.05) is 0 Å². The number of hydrogen-bond donors (Lipinski definition) is 3. The second-order valence-electron chi connectivity index (χ2n) is 5.48. The number of carboxylic acids is 1. The van der Waals surface area contributed by atoms with Crippen LogP contribution < -0.4 is 0 Å². The lowest BCUT2D eigenvalue weighted by Gasteiger charge is -2.18. The minimum atomic E-state index is -1.16. The molecule has 0 aromatic heterocycles. The molecule has 0 aliphatic carbocycles. The van der Waals surface area contributed by atoms with Gasteiger partial charge in [0.15, 0.2) is 6.10 Å². The molecule has 0 fully saturated rings. The van der Waals surface area contributed by atoms with Gasteiger partial charge in [0.05, 0.1) is 37.9 Å². The van der Waals surface area contributed by atoms with Crippen molar-refractivity contribution >= 4 is 23.9 Å². The van der Waals surface area contributed by atoms with Crippen molar-refractivity contribution in [1.29, 1.82) is 0 Å². The molecule has 0 aliphatic rings. The second-order valence-corrected chi connectivity index (χ2v) is 5.48. The van der Waals surface area contributed by atoms with Crippen LogP contribution in [0.25, 0.3) is 0 Å². The number of carbonyl (C=O) groups excluding carboxylic acids is 3. The van der Waals surface area contributed by atoms with Crippen LogP contribution in [-0.4, -0.2) is 70.7 Å². The molecule has 0 spiro atoms. The lowest BCUT2D eigenvalue weighted by atomic mass is 10.3. The number of ether oxygens (including phenoxy) is 3. The Kier molecular flexibility index (Phi) is 11.1. The molecule has 3 atom stereocenters. The van der Waals surface area contributed by atoms with Crippen molar-refractivity contribution < 1.29 is 48.7 Å². The zero-order valence-corrected chi connectivity index (χ0v) is 14.2. The van der Waals surface area contributed by atoms with E-state index in [4.69, 9.17) is 29.5 Å². The lowest BCUT2D eigenvalue weighted by Crippen LogP contribution is -2.32. The predicted octanol–water partition coefficient (Wildman–Crippen LogP) is -0.609. The maximum atomic E-state index is 11.6. The molecule has 0 aliphatic heterocycles. The highest BCUT2D eigenvalue weighted by atomic mass is 16.6. The molecule has 0 heterocycles. The van der Waals surface area contributed by atoms with Gasteiger partial charge >= 0.3 is 23.9 Å². The predicted molar refractivity (Wildman–Crippen MR) is 81.3 cm³/mol. The summed E-state index contributed by atoms with van der Waals surface area (Å²) in [6.45, 7) is 1.92. The highest BCUT2D eigenvalue weighted by Gasteiger charge is 2.21. The molecule has 0 aromatic rings. The molecular formula is C15H24O10. The van der Waals surface area contributed by atoms with E-state index in [1.54, 1.807) is 0 Å². The largest absolute Gasteiger partial charge is 0.481 e. The van der Waals surface area contributed by atoms with Crippen LogP contribution >= 0.6 is 0 Å². The van der Waals surface area contributed by atoms with Gasteiger partial charge in [-0.05, 0) is 13.8 Å². The number of esters is 3. The summed E-state index contributed by atoms with van der Waals surface area (Å²) in [4.78, 5) is 44.7. The number of aliphatic hydroxyl groups is 2. The van der Waals surface area contributed by atoms with Gasteiger partial charge in [0, 0.05) is 0 Å². The van der Waals surface area contributed by atoms with Gasteiger partial charge in [-0.3, -0.25) is 19.2 Å². The van der Waals surface area contributed by atoms with Crippen molar-refractivity contribution in [1.82, 2.24) is 0 Å². The topological polar surface area (TPSA) is 157 Å². The van der Waals surface area contributed by atoms with Gasteiger partial charge in [-0.15, -0.1) is 0 Å². The molecule has 25 heavy (non-hydrogen) atoms. The van der Waals surface area contributed by atoms with E-state index >= 15 is 0 Å². The summed E-state index contributed by atoms with van der Waals surface area (Å²) in [7, 11) is 0. The van der Waals surface area contributed by atoms with Crippen LogP contribution in [0.15, 0.2) is 0 Å². The second kappa shape index (κ2) is 12.2. The van der Waals surface area contributed by atoms with Gasteiger partial charge < -0.3 is 29.5 Å². The molecule has 0 bridgehead atoms. The molecule has 0 saturated heterocycles. The standard InChI is InChI=1S/C15H24O10/c1-9(16)5-14(21)24-8-11(25-15(22)6-10(2)17)7-23-13(20)4-3-12(18)19/h9-11,16-17H,3-8H2,1-2H3,(H,18,19)/t9-,10-,11?/m1/s1. The number of carbonyl (C=O) groups is 4. The molecule has 10 nitrogen and oxygen atoms in total. The number of aliphatic carboxylic acids is 1. The number of hydrogen-bond acceptors (Lipinski definition) is 9. The minimum Gasteiger partial charge on any atom is -0.481 e. The Morgan fingerprint density at radius 1 is 0.800 bits per heavy atom. The van der Waals surface area contributed by atoms with Crippen LogP contribution in [0.4, 0.5) is 0 Å². The molecule has 0 amide bonds. The van der Waals surface area contributed by atoms with E-state index in [2.05, 4.69) is 0 Å². The SMILES string of the molecule is C[C@@H](O)CC(=O)OCC(COC(=O)CCC(=O)O)OC(=O)C[C@@H](C)O. The number of rotatable bonds is 12. The zero-order valence-electron chi connectivity index (χ0n) is 14.2. The fourth-order valence-electron chi connectivity index (χ4n) is 1.54. The van der Waals surface area contributed by atoms with Crippen LogP contribution in [0.3, 0.4) is 0 Å². The molecule has 1 unspecified atom stereocenters. The highest BCUT2D eigenvalue weighted by molar-refractivity contribution is 5.76. The molecule has 0 aromatic carbocycles. The van der Waals surface area contributed by atoms with E-state index in [1.165, 1.54) is 13.8 Å². The molecular weight excluding hydrogens is 340 g/mol. The summed E-state index contributed by atoms with van der Waals surface area (Å²) in [6, 6.07) is 0. The minimum absolute atomic E-state index is 0.257. The normalized spacial score (nSPS) is 14.1. The monoisotopic (exact) mass is 364 g/mol. The maximum absolute atomic E-state index is 11.6. The quantitative estimate of drug-likeness (QED) is 0.301. The van der Waals surface area contributed by atoms with Crippen molar-refractivity contribution in [2.75, 3.05) is 13.2 Å². The first-order chi connectivity index (χ1) is 11.6. The third-order valence-corrected chi connectivity index (χ3v) is 2.63. The van der Waals surface area contributed by atoms with Crippen molar-refractivity contribution in [2.45, 2.75) is 57.8 Å². The Bertz CT molecular complexity index is 457. The van der Waals surface area contributed by atoms with E-state index in [0.29, 0.717) is 0 Å². The Hall–Kier alpha value is -2.20. The zero-order chi connectivity index (χ0) is 19.4. The van der Waals surface area contributed by atoms with Crippen LogP contribution in [0.1, 0.15) is 39.5 Å². The molecule has 0 radical (unpaired) electrons.